The van der Waals surface area contributed by atoms with E-state index in [9.17, 15) is 4.79 Å². The molecule has 2 rings (SSSR count). The molecule has 5 nitrogen and oxygen atoms in total. The third kappa shape index (κ3) is 3.99. The lowest BCUT2D eigenvalue weighted by molar-refractivity contribution is 0.0944. The van der Waals surface area contributed by atoms with Crippen molar-refractivity contribution in [3.63, 3.8) is 0 Å². The fourth-order valence-corrected chi connectivity index (χ4v) is 2.47. The summed E-state index contributed by atoms with van der Waals surface area (Å²) in [5.74, 6) is 1.29. The van der Waals surface area contributed by atoms with Crippen LogP contribution in [0.25, 0.3) is 0 Å². The second-order valence-corrected chi connectivity index (χ2v) is 6.21. The van der Waals surface area contributed by atoms with Gasteiger partial charge in [-0.25, -0.2) is 9.97 Å². The van der Waals surface area contributed by atoms with Crippen LogP contribution in [0.2, 0.25) is 0 Å². The summed E-state index contributed by atoms with van der Waals surface area (Å²) < 4.78 is 5.95. The average Bonchev–Trinajstić information content (AvgIpc) is 2.92. The fourth-order valence-electron chi connectivity index (χ4n) is 2.10. The van der Waals surface area contributed by atoms with Crippen molar-refractivity contribution >= 4 is 21.8 Å². The molecule has 0 radical (unpaired) electrons. The predicted octanol–water partition coefficient (Wildman–Crippen LogP) is 2.52. The molecule has 1 atom stereocenters. The summed E-state index contributed by atoms with van der Waals surface area (Å²) in [6.45, 7) is 6.31. The Morgan fingerprint density at radius 3 is 3.05 bits per heavy atom. The van der Waals surface area contributed by atoms with E-state index < -0.39 is 0 Å². The van der Waals surface area contributed by atoms with Gasteiger partial charge in [0.1, 0.15) is 11.5 Å². The molecule has 1 aliphatic heterocycles. The van der Waals surface area contributed by atoms with E-state index in [0.717, 1.165) is 26.1 Å². The molecule has 1 aliphatic rings. The molecule has 0 aromatic carbocycles. The number of halogens is 1. The first-order chi connectivity index (χ1) is 9.58. The van der Waals surface area contributed by atoms with Gasteiger partial charge in [0.25, 0.3) is 5.91 Å². The lowest BCUT2D eigenvalue weighted by atomic mass is 10.1. The Morgan fingerprint density at radius 2 is 2.40 bits per heavy atom. The van der Waals surface area contributed by atoms with Gasteiger partial charge >= 0.3 is 0 Å². The number of carbonyl (C=O) groups is 1. The van der Waals surface area contributed by atoms with Crippen molar-refractivity contribution in [1.29, 1.82) is 0 Å². The maximum atomic E-state index is 12.2. The third-order valence-corrected chi connectivity index (χ3v) is 3.94. The normalized spacial score (nSPS) is 18.5. The molecular formula is C14H20BrN3O2. The minimum Gasteiger partial charge on any atom is -0.381 e. The molecule has 1 aromatic rings. The quantitative estimate of drug-likeness (QED) is 0.893. The largest absolute Gasteiger partial charge is 0.381 e. The molecule has 0 aliphatic carbocycles. The molecule has 20 heavy (non-hydrogen) atoms. The third-order valence-electron chi connectivity index (χ3n) is 3.36. The molecular weight excluding hydrogens is 322 g/mol. The molecule has 1 amide bonds. The lowest BCUT2D eigenvalue weighted by Crippen LogP contribution is -2.27. The van der Waals surface area contributed by atoms with Crippen molar-refractivity contribution in [2.24, 2.45) is 5.92 Å². The number of nitrogens with one attached hydrogen (secondary N) is 1. The van der Waals surface area contributed by atoms with Gasteiger partial charge in [-0.3, -0.25) is 4.79 Å². The molecule has 2 heterocycles. The Morgan fingerprint density at radius 1 is 1.60 bits per heavy atom. The summed E-state index contributed by atoms with van der Waals surface area (Å²) in [7, 11) is 0. The van der Waals surface area contributed by atoms with Crippen molar-refractivity contribution in [3.8, 4) is 0 Å². The first-order valence-corrected chi connectivity index (χ1v) is 7.75. The van der Waals surface area contributed by atoms with Gasteiger partial charge in [0.2, 0.25) is 0 Å². The maximum Gasteiger partial charge on any atom is 0.271 e. The van der Waals surface area contributed by atoms with Gasteiger partial charge in [-0.05, 0) is 34.7 Å². The van der Waals surface area contributed by atoms with E-state index in [1.54, 1.807) is 6.20 Å². The van der Waals surface area contributed by atoms with Crippen molar-refractivity contribution in [2.45, 2.75) is 32.6 Å². The van der Waals surface area contributed by atoms with E-state index in [1.807, 2.05) is 13.8 Å². The zero-order chi connectivity index (χ0) is 14.5. The monoisotopic (exact) mass is 341 g/mol. The highest BCUT2D eigenvalue weighted by atomic mass is 79.9. The molecule has 0 saturated carbocycles. The first kappa shape index (κ1) is 15.4. The van der Waals surface area contributed by atoms with Crippen LogP contribution in [0.3, 0.4) is 0 Å². The van der Waals surface area contributed by atoms with Crippen LogP contribution in [-0.4, -0.2) is 35.6 Å². The molecule has 1 N–H and O–H groups in total. The number of carbonyl (C=O) groups excluding carboxylic acids is 1. The smallest absolute Gasteiger partial charge is 0.271 e. The van der Waals surface area contributed by atoms with E-state index >= 15 is 0 Å². The summed E-state index contributed by atoms with van der Waals surface area (Å²) >= 11 is 3.33. The zero-order valence-electron chi connectivity index (χ0n) is 11.9. The van der Waals surface area contributed by atoms with E-state index in [4.69, 9.17) is 4.74 Å². The van der Waals surface area contributed by atoms with Gasteiger partial charge in [-0.1, -0.05) is 13.8 Å². The van der Waals surface area contributed by atoms with Gasteiger partial charge in [-0.15, -0.1) is 0 Å². The Balaban J connectivity index is 1.92. The van der Waals surface area contributed by atoms with Crippen molar-refractivity contribution in [1.82, 2.24) is 15.3 Å². The van der Waals surface area contributed by atoms with Gasteiger partial charge < -0.3 is 10.1 Å². The second-order valence-electron chi connectivity index (χ2n) is 5.35. The van der Waals surface area contributed by atoms with Crippen molar-refractivity contribution in [3.05, 3.63) is 22.2 Å². The number of hydrogen-bond donors (Lipinski definition) is 1. The molecule has 6 heteroatoms. The lowest BCUT2D eigenvalue weighted by Gasteiger charge is -2.10. The number of amides is 1. The number of ether oxygens (including phenoxy) is 1. The number of hydrogen-bond acceptors (Lipinski definition) is 4. The number of nitrogens with zero attached hydrogens (tertiary/aromatic N) is 2. The Bertz CT molecular complexity index is 473. The minimum absolute atomic E-state index is 0.153. The minimum atomic E-state index is -0.153. The van der Waals surface area contributed by atoms with Crippen molar-refractivity contribution in [2.75, 3.05) is 19.8 Å². The standard InChI is InChI=1S/C14H20BrN3O2/c1-9(2)13-17-7-11(15)12(18-13)14(19)16-5-3-10-4-6-20-8-10/h7,9-10H,3-6,8H2,1-2H3,(H,16,19)/t10-/m0/s1. The summed E-state index contributed by atoms with van der Waals surface area (Å²) in [5.41, 5.74) is 0.409. The van der Waals surface area contributed by atoms with Crippen LogP contribution >= 0.6 is 15.9 Å². The summed E-state index contributed by atoms with van der Waals surface area (Å²) in [4.78, 5) is 20.7. The number of aromatic nitrogens is 2. The molecule has 0 bridgehead atoms. The van der Waals surface area contributed by atoms with Gasteiger partial charge in [-0.2, -0.15) is 0 Å². The summed E-state index contributed by atoms with van der Waals surface area (Å²) in [5, 5.41) is 2.92. The van der Waals surface area contributed by atoms with E-state index in [-0.39, 0.29) is 11.8 Å². The van der Waals surface area contributed by atoms with E-state index in [0.29, 0.717) is 28.5 Å². The van der Waals surface area contributed by atoms with Crippen LogP contribution in [0.5, 0.6) is 0 Å². The molecule has 1 aromatic heterocycles. The van der Waals surface area contributed by atoms with Crippen LogP contribution in [-0.2, 0) is 4.74 Å². The zero-order valence-corrected chi connectivity index (χ0v) is 13.4. The Kier molecular flexibility index (Phi) is 5.48. The average molecular weight is 342 g/mol. The molecule has 1 fully saturated rings. The molecule has 110 valence electrons. The van der Waals surface area contributed by atoms with Crippen molar-refractivity contribution < 1.29 is 9.53 Å². The predicted molar refractivity (Wildman–Crippen MR) is 79.7 cm³/mol. The topological polar surface area (TPSA) is 64.1 Å². The highest BCUT2D eigenvalue weighted by molar-refractivity contribution is 9.10. The highest BCUT2D eigenvalue weighted by Crippen LogP contribution is 2.18. The maximum absolute atomic E-state index is 12.2. The molecule has 1 saturated heterocycles. The fraction of sp³-hybridized carbons (Fsp3) is 0.643. The van der Waals surface area contributed by atoms with Crippen LogP contribution in [0.1, 0.15) is 48.9 Å². The number of rotatable bonds is 5. The van der Waals surface area contributed by atoms with Crippen LogP contribution in [0.15, 0.2) is 10.7 Å². The molecule has 0 unspecified atom stereocenters. The van der Waals surface area contributed by atoms with Gasteiger partial charge in [0.15, 0.2) is 0 Å². The second kappa shape index (κ2) is 7.13. The summed E-state index contributed by atoms with van der Waals surface area (Å²) in [6, 6.07) is 0. The molecule has 0 spiro atoms. The Labute approximate surface area is 127 Å². The van der Waals surface area contributed by atoms with E-state index in [2.05, 4.69) is 31.2 Å². The van der Waals surface area contributed by atoms with Crippen LogP contribution in [0, 0.1) is 5.92 Å². The first-order valence-electron chi connectivity index (χ1n) is 6.96. The SMILES string of the molecule is CC(C)c1ncc(Br)c(C(=O)NCC[C@H]2CCOC2)n1. The summed E-state index contributed by atoms with van der Waals surface area (Å²) in [6.07, 6.45) is 3.68. The van der Waals surface area contributed by atoms with Gasteiger partial charge in [0, 0.05) is 31.9 Å². The van der Waals surface area contributed by atoms with Crippen LogP contribution < -0.4 is 5.32 Å². The van der Waals surface area contributed by atoms with Gasteiger partial charge in [0.05, 0.1) is 4.47 Å². The Hall–Kier alpha value is -1.01. The highest BCUT2D eigenvalue weighted by Gasteiger charge is 2.17. The van der Waals surface area contributed by atoms with E-state index in [1.165, 1.54) is 0 Å². The van der Waals surface area contributed by atoms with Crippen LogP contribution in [0.4, 0.5) is 0 Å².